The number of para-hydroxylation sites is 1. The van der Waals surface area contributed by atoms with Crippen molar-refractivity contribution in [2.24, 2.45) is 0 Å². The van der Waals surface area contributed by atoms with Crippen LogP contribution in [0, 0.1) is 11.3 Å². The van der Waals surface area contributed by atoms with E-state index in [1.165, 1.54) is 16.5 Å². The van der Waals surface area contributed by atoms with Crippen molar-refractivity contribution in [3.05, 3.63) is 70.9 Å². The van der Waals surface area contributed by atoms with Gasteiger partial charge < -0.3 is 4.98 Å². The molecular weight excluding hydrogens is 330 g/mol. The molecule has 1 aliphatic rings. The highest BCUT2D eigenvalue weighted by Gasteiger charge is 2.37. The number of nitrogens with zero attached hydrogens (tertiary/aromatic N) is 2. The van der Waals surface area contributed by atoms with Gasteiger partial charge in [0.25, 0.3) is 0 Å². The molecule has 4 heteroatoms. The van der Waals surface area contributed by atoms with Gasteiger partial charge in [0.1, 0.15) is 0 Å². The molecule has 25 heavy (non-hydrogen) atoms. The predicted molar refractivity (Wildman–Crippen MR) is 102 cm³/mol. The SMILES string of the molecule is N#CC1(c2ccccc2Cl)CCN(Cc2c[nH]c3ccccc23)CC1. The molecule has 0 amide bonds. The fraction of sp³-hybridized carbons (Fsp3) is 0.286. The summed E-state index contributed by atoms with van der Waals surface area (Å²) in [5.74, 6) is 0. The summed E-state index contributed by atoms with van der Waals surface area (Å²) >= 11 is 6.37. The zero-order chi connectivity index (χ0) is 17.3. The zero-order valence-electron chi connectivity index (χ0n) is 14.0. The Morgan fingerprint density at radius 1 is 1.08 bits per heavy atom. The molecular formula is C21H20ClN3. The number of H-pyrrole nitrogens is 1. The maximum Gasteiger partial charge on any atom is 0.0861 e. The molecule has 1 aromatic heterocycles. The summed E-state index contributed by atoms with van der Waals surface area (Å²) in [6.45, 7) is 2.71. The van der Waals surface area contributed by atoms with E-state index in [-0.39, 0.29) is 0 Å². The van der Waals surface area contributed by atoms with Gasteiger partial charge in [0, 0.05) is 41.8 Å². The van der Waals surface area contributed by atoms with Gasteiger partial charge in [0.15, 0.2) is 0 Å². The van der Waals surface area contributed by atoms with Crippen molar-refractivity contribution >= 4 is 22.5 Å². The molecule has 0 spiro atoms. The van der Waals surface area contributed by atoms with Crippen LogP contribution in [0.4, 0.5) is 0 Å². The first-order valence-corrected chi connectivity index (χ1v) is 9.03. The van der Waals surface area contributed by atoms with E-state index in [4.69, 9.17) is 11.6 Å². The van der Waals surface area contributed by atoms with Crippen LogP contribution in [0.2, 0.25) is 5.02 Å². The van der Waals surface area contributed by atoms with E-state index in [2.05, 4.69) is 40.3 Å². The van der Waals surface area contributed by atoms with Crippen molar-refractivity contribution in [2.75, 3.05) is 13.1 Å². The van der Waals surface area contributed by atoms with Crippen LogP contribution in [0.1, 0.15) is 24.0 Å². The number of nitrogens with one attached hydrogen (secondary N) is 1. The second-order valence-electron chi connectivity index (χ2n) is 6.81. The van der Waals surface area contributed by atoms with E-state index in [9.17, 15) is 5.26 Å². The highest BCUT2D eigenvalue weighted by molar-refractivity contribution is 6.31. The lowest BCUT2D eigenvalue weighted by Gasteiger charge is -2.38. The maximum atomic E-state index is 9.87. The number of aromatic nitrogens is 1. The van der Waals surface area contributed by atoms with Gasteiger partial charge in [-0.05, 0) is 36.1 Å². The Morgan fingerprint density at radius 3 is 2.56 bits per heavy atom. The molecule has 0 bridgehead atoms. The molecule has 0 unspecified atom stereocenters. The van der Waals surface area contributed by atoms with E-state index in [1.54, 1.807) is 0 Å². The summed E-state index contributed by atoms with van der Waals surface area (Å²) in [6, 6.07) is 18.7. The van der Waals surface area contributed by atoms with Crippen molar-refractivity contribution in [3.63, 3.8) is 0 Å². The third-order valence-corrected chi connectivity index (χ3v) is 5.71. The first-order chi connectivity index (χ1) is 12.2. The number of likely N-dealkylation sites (tertiary alicyclic amines) is 1. The molecule has 3 aromatic rings. The van der Waals surface area contributed by atoms with E-state index >= 15 is 0 Å². The van der Waals surface area contributed by atoms with Gasteiger partial charge in [0.05, 0.1) is 11.5 Å². The van der Waals surface area contributed by atoms with Crippen LogP contribution in [0.25, 0.3) is 10.9 Å². The van der Waals surface area contributed by atoms with Crippen LogP contribution in [-0.4, -0.2) is 23.0 Å². The van der Waals surface area contributed by atoms with E-state index in [0.717, 1.165) is 38.0 Å². The minimum Gasteiger partial charge on any atom is -0.361 e. The maximum absolute atomic E-state index is 9.87. The average Bonchev–Trinajstić information content (AvgIpc) is 3.06. The Bertz CT molecular complexity index is 929. The quantitative estimate of drug-likeness (QED) is 0.732. The smallest absolute Gasteiger partial charge is 0.0861 e. The van der Waals surface area contributed by atoms with E-state index in [1.807, 2.05) is 30.3 Å². The monoisotopic (exact) mass is 349 g/mol. The lowest BCUT2D eigenvalue weighted by atomic mass is 9.74. The fourth-order valence-electron chi connectivity index (χ4n) is 3.89. The first-order valence-electron chi connectivity index (χ1n) is 8.65. The largest absolute Gasteiger partial charge is 0.361 e. The molecule has 1 fully saturated rings. The van der Waals surface area contributed by atoms with Crippen molar-refractivity contribution < 1.29 is 0 Å². The Morgan fingerprint density at radius 2 is 1.80 bits per heavy atom. The normalized spacial score (nSPS) is 17.4. The number of nitriles is 1. The molecule has 1 aliphatic heterocycles. The van der Waals surface area contributed by atoms with Gasteiger partial charge in [0.2, 0.25) is 0 Å². The first kappa shape index (κ1) is 16.2. The summed E-state index contributed by atoms with van der Waals surface area (Å²) in [6.07, 6.45) is 3.73. The van der Waals surface area contributed by atoms with Crippen molar-refractivity contribution in [1.29, 1.82) is 5.26 Å². The average molecular weight is 350 g/mol. The molecule has 0 aliphatic carbocycles. The van der Waals surface area contributed by atoms with Gasteiger partial charge in [-0.2, -0.15) is 5.26 Å². The minimum atomic E-state index is -0.463. The number of hydrogen-bond donors (Lipinski definition) is 1. The standard InChI is InChI=1S/C21H20ClN3/c22-19-7-3-2-6-18(19)21(15-23)9-11-25(12-10-21)14-16-13-24-20-8-4-1-5-17(16)20/h1-8,13,24H,9-12,14H2. The Balaban J connectivity index is 1.51. The van der Waals surface area contributed by atoms with Crippen LogP contribution in [0.15, 0.2) is 54.7 Å². The van der Waals surface area contributed by atoms with Crippen LogP contribution in [-0.2, 0) is 12.0 Å². The Labute approximate surface area is 152 Å². The van der Waals surface area contributed by atoms with Gasteiger partial charge >= 0.3 is 0 Å². The summed E-state index contributed by atoms with van der Waals surface area (Å²) < 4.78 is 0. The second-order valence-corrected chi connectivity index (χ2v) is 7.22. The molecule has 0 saturated carbocycles. The van der Waals surface area contributed by atoms with Crippen LogP contribution >= 0.6 is 11.6 Å². The third-order valence-electron chi connectivity index (χ3n) is 5.38. The Hall–Kier alpha value is -2.28. The number of rotatable bonds is 3. The number of benzene rings is 2. The minimum absolute atomic E-state index is 0.463. The van der Waals surface area contributed by atoms with Gasteiger partial charge in [-0.15, -0.1) is 0 Å². The third kappa shape index (κ3) is 2.93. The number of hydrogen-bond acceptors (Lipinski definition) is 2. The topological polar surface area (TPSA) is 42.8 Å². The number of fused-ring (bicyclic) bond motifs is 1. The highest BCUT2D eigenvalue weighted by Crippen LogP contribution is 2.39. The summed E-state index contributed by atoms with van der Waals surface area (Å²) in [5, 5.41) is 11.9. The summed E-state index contributed by atoms with van der Waals surface area (Å²) in [5.41, 5.74) is 3.01. The zero-order valence-corrected chi connectivity index (χ0v) is 14.8. The fourth-order valence-corrected chi connectivity index (χ4v) is 4.20. The van der Waals surface area contributed by atoms with E-state index < -0.39 is 5.41 Å². The number of halogens is 1. The van der Waals surface area contributed by atoms with E-state index in [0.29, 0.717) is 5.02 Å². The molecule has 3 nitrogen and oxygen atoms in total. The highest BCUT2D eigenvalue weighted by atomic mass is 35.5. The predicted octanol–water partition coefficient (Wildman–Crippen LogP) is 4.88. The molecule has 4 rings (SSSR count). The molecule has 0 atom stereocenters. The van der Waals surface area contributed by atoms with Crippen LogP contribution in [0.3, 0.4) is 0 Å². The lowest BCUT2D eigenvalue weighted by Crippen LogP contribution is -2.41. The summed E-state index contributed by atoms with van der Waals surface area (Å²) in [7, 11) is 0. The van der Waals surface area contributed by atoms with Crippen LogP contribution < -0.4 is 0 Å². The Kier molecular flexibility index (Phi) is 4.25. The van der Waals surface area contributed by atoms with Crippen molar-refractivity contribution in [1.82, 2.24) is 9.88 Å². The molecule has 126 valence electrons. The van der Waals surface area contributed by atoms with Crippen molar-refractivity contribution in [3.8, 4) is 6.07 Å². The second kappa shape index (κ2) is 6.55. The van der Waals surface area contributed by atoms with Crippen molar-refractivity contribution in [2.45, 2.75) is 24.8 Å². The molecule has 1 saturated heterocycles. The van der Waals surface area contributed by atoms with Crippen LogP contribution in [0.5, 0.6) is 0 Å². The lowest BCUT2D eigenvalue weighted by molar-refractivity contribution is 0.179. The van der Waals surface area contributed by atoms with Gasteiger partial charge in [-0.25, -0.2) is 0 Å². The van der Waals surface area contributed by atoms with Gasteiger partial charge in [-0.3, -0.25) is 4.90 Å². The molecule has 1 N–H and O–H groups in total. The molecule has 0 radical (unpaired) electrons. The molecule has 2 aromatic carbocycles. The molecule has 2 heterocycles. The number of aromatic amines is 1. The summed E-state index contributed by atoms with van der Waals surface area (Å²) in [4.78, 5) is 5.77. The van der Waals surface area contributed by atoms with Gasteiger partial charge in [-0.1, -0.05) is 48.0 Å². The number of piperidine rings is 1.